The number of Topliss-reactive ketones (excluding diaryl/α,β-unsaturated/α-hetero) is 1. The van der Waals surface area contributed by atoms with Gasteiger partial charge in [0.2, 0.25) is 0 Å². The van der Waals surface area contributed by atoms with Crippen molar-refractivity contribution in [3.8, 4) is 0 Å². The normalized spacial score (nSPS) is 26.2. The highest BCUT2D eigenvalue weighted by atomic mass is 79.9. The van der Waals surface area contributed by atoms with E-state index in [2.05, 4.69) is 15.9 Å². The highest BCUT2D eigenvalue weighted by Gasteiger charge is 2.46. The standard InChI is InChI=1S/C14H14BrFO/c15-13-12-2-1-10(16)7-9(12)8-14(13)5-3-11(17)4-6-14/h1-2,7,13H,3-6,8H2. The lowest BCUT2D eigenvalue weighted by atomic mass is 9.71. The molecule has 2 aliphatic carbocycles. The summed E-state index contributed by atoms with van der Waals surface area (Å²) >= 11 is 3.77. The van der Waals surface area contributed by atoms with Gasteiger partial charge in [0.15, 0.2) is 0 Å². The summed E-state index contributed by atoms with van der Waals surface area (Å²) in [4.78, 5) is 11.6. The number of benzene rings is 1. The van der Waals surface area contributed by atoms with Gasteiger partial charge in [-0.2, -0.15) is 0 Å². The molecule has 1 spiro atoms. The molecule has 3 rings (SSSR count). The molecule has 0 saturated heterocycles. The van der Waals surface area contributed by atoms with E-state index in [1.54, 1.807) is 6.07 Å². The maximum atomic E-state index is 13.2. The average Bonchev–Trinajstić information content (AvgIpc) is 2.57. The highest BCUT2D eigenvalue weighted by molar-refractivity contribution is 9.09. The third-order valence-electron chi connectivity index (χ3n) is 4.26. The first-order valence-electron chi connectivity index (χ1n) is 6.05. The van der Waals surface area contributed by atoms with Crippen LogP contribution in [-0.4, -0.2) is 5.78 Å². The second-order valence-corrected chi connectivity index (χ2v) is 6.20. The Balaban J connectivity index is 1.95. The van der Waals surface area contributed by atoms with Crippen LogP contribution in [0.1, 0.15) is 41.6 Å². The van der Waals surface area contributed by atoms with E-state index in [0.29, 0.717) is 18.6 Å². The molecule has 0 N–H and O–H groups in total. The van der Waals surface area contributed by atoms with Crippen LogP contribution >= 0.6 is 15.9 Å². The zero-order valence-corrected chi connectivity index (χ0v) is 11.1. The Morgan fingerprint density at radius 3 is 2.71 bits per heavy atom. The zero-order valence-electron chi connectivity index (χ0n) is 9.51. The molecule has 0 amide bonds. The minimum Gasteiger partial charge on any atom is -0.300 e. The van der Waals surface area contributed by atoms with Crippen LogP contribution in [0.4, 0.5) is 4.39 Å². The molecule has 0 heterocycles. The summed E-state index contributed by atoms with van der Waals surface area (Å²) in [6, 6.07) is 5.06. The second-order valence-electron chi connectivity index (χ2n) is 5.28. The van der Waals surface area contributed by atoms with Crippen molar-refractivity contribution < 1.29 is 9.18 Å². The number of hydrogen-bond donors (Lipinski definition) is 0. The third-order valence-corrected chi connectivity index (χ3v) is 5.73. The van der Waals surface area contributed by atoms with Gasteiger partial charge in [-0.3, -0.25) is 4.79 Å². The Kier molecular flexibility index (Phi) is 2.62. The first-order valence-corrected chi connectivity index (χ1v) is 6.96. The Labute approximate surface area is 109 Å². The number of alkyl halides is 1. The molecule has 1 saturated carbocycles. The molecule has 1 unspecified atom stereocenters. The minimum absolute atomic E-state index is 0.143. The van der Waals surface area contributed by atoms with E-state index >= 15 is 0 Å². The van der Waals surface area contributed by atoms with E-state index in [9.17, 15) is 9.18 Å². The fourth-order valence-corrected chi connectivity index (χ4v) is 4.30. The molecule has 2 aliphatic rings. The fraction of sp³-hybridized carbons (Fsp3) is 0.500. The average molecular weight is 297 g/mol. The number of carbonyl (C=O) groups is 1. The largest absolute Gasteiger partial charge is 0.300 e. The number of hydrogen-bond acceptors (Lipinski definition) is 1. The van der Waals surface area contributed by atoms with Crippen LogP contribution < -0.4 is 0 Å². The lowest BCUT2D eigenvalue weighted by molar-refractivity contribution is -0.122. The van der Waals surface area contributed by atoms with Crippen LogP contribution in [0.25, 0.3) is 0 Å². The third kappa shape index (κ3) is 1.75. The summed E-state index contributed by atoms with van der Waals surface area (Å²) < 4.78 is 13.2. The van der Waals surface area contributed by atoms with Crippen molar-refractivity contribution in [2.24, 2.45) is 5.41 Å². The Hall–Kier alpha value is -0.700. The minimum atomic E-state index is -0.160. The van der Waals surface area contributed by atoms with Gasteiger partial charge in [0, 0.05) is 17.7 Å². The van der Waals surface area contributed by atoms with Gasteiger partial charge in [-0.25, -0.2) is 4.39 Å². The van der Waals surface area contributed by atoms with Crippen molar-refractivity contribution in [1.29, 1.82) is 0 Å². The van der Waals surface area contributed by atoms with E-state index in [1.165, 1.54) is 11.6 Å². The van der Waals surface area contributed by atoms with E-state index in [0.717, 1.165) is 24.8 Å². The van der Waals surface area contributed by atoms with Crippen LogP contribution in [0.5, 0.6) is 0 Å². The van der Waals surface area contributed by atoms with Gasteiger partial charge in [0.1, 0.15) is 11.6 Å². The van der Waals surface area contributed by atoms with Gasteiger partial charge in [-0.05, 0) is 47.9 Å². The monoisotopic (exact) mass is 296 g/mol. The van der Waals surface area contributed by atoms with Crippen molar-refractivity contribution in [1.82, 2.24) is 0 Å². The van der Waals surface area contributed by atoms with E-state index in [-0.39, 0.29) is 16.1 Å². The number of carbonyl (C=O) groups excluding carboxylic acids is 1. The smallest absolute Gasteiger partial charge is 0.132 e. The Morgan fingerprint density at radius 1 is 1.29 bits per heavy atom. The summed E-state index contributed by atoms with van der Waals surface area (Å²) in [5, 5.41) is 0. The lowest BCUT2D eigenvalue weighted by Crippen LogP contribution is -2.29. The fourth-order valence-electron chi connectivity index (χ4n) is 3.23. The van der Waals surface area contributed by atoms with E-state index < -0.39 is 0 Å². The topological polar surface area (TPSA) is 17.1 Å². The highest BCUT2D eigenvalue weighted by Crippen LogP contribution is 2.57. The van der Waals surface area contributed by atoms with Gasteiger partial charge in [-0.15, -0.1) is 0 Å². The van der Waals surface area contributed by atoms with Crippen LogP contribution in [0.3, 0.4) is 0 Å². The van der Waals surface area contributed by atoms with Crippen LogP contribution in [-0.2, 0) is 11.2 Å². The molecule has 1 nitrogen and oxygen atoms in total. The first kappa shape index (κ1) is 11.4. The molecule has 0 aliphatic heterocycles. The number of ketones is 1. The van der Waals surface area contributed by atoms with E-state index in [4.69, 9.17) is 0 Å². The molecule has 0 aromatic heterocycles. The summed E-state index contributed by atoms with van der Waals surface area (Å²) in [6.45, 7) is 0. The molecule has 90 valence electrons. The predicted octanol–water partition coefficient (Wildman–Crippen LogP) is 3.95. The molecule has 3 heteroatoms. The van der Waals surface area contributed by atoms with Gasteiger partial charge in [0.25, 0.3) is 0 Å². The quantitative estimate of drug-likeness (QED) is 0.663. The van der Waals surface area contributed by atoms with Gasteiger partial charge < -0.3 is 0 Å². The molecule has 1 aromatic carbocycles. The van der Waals surface area contributed by atoms with E-state index in [1.807, 2.05) is 6.07 Å². The summed E-state index contributed by atoms with van der Waals surface area (Å²) in [5.41, 5.74) is 2.46. The molecular formula is C14H14BrFO. The van der Waals surface area contributed by atoms with Crippen molar-refractivity contribution in [2.45, 2.75) is 36.9 Å². The van der Waals surface area contributed by atoms with Crippen molar-refractivity contribution in [3.63, 3.8) is 0 Å². The maximum Gasteiger partial charge on any atom is 0.132 e. The molecule has 17 heavy (non-hydrogen) atoms. The molecular weight excluding hydrogens is 283 g/mol. The van der Waals surface area contributed by atoms with Gasteiger partial charge >= 0.3 is 0 Å². The molecule has 1 fully saturated rings. The van der Waals surface area contributed by atoms with Crippen molar-refractivity contribution >= 4 is 21.7 Å². The predicted molar refractivity (Wildman–Crippen MR) is 67.7 cm³/mol. The number of halogens is 2. The molecule has 0 radical (unpaired) electrons. The Bertz CT molecular complexity index is 473. The molecule has 0 bridgehead atoms. The maximum absolute atomic E-state index is 13.2. The van der Waals surface area contributed by atoms with Crippen LogP contribution in [0, 0.1) is 11.2 Å². The molecule has 1 aromatic rings. The first-order chi connectivity index (χ1) is 8.11. The number of fused-ring (bicyclic) bond motifs is 1. The second kappa shape index (κ2) is 3.91. The zero-order chi connectivity index (χ0) is 12.0. The Morgan fingerprint density at radius 2 is 2.00 bits per heavy atom. The van der Waals surface area contributed by atoms with Gasteiger partial charge in [0.05, 0.1) is 0 Å². The van der Waals surface area contributed by atoms with Gasteiger partial charge in [-0.1, -0.05) is 22.0 Å². The lowest BCUT2D eigenvalue weighted by Gasteiger charge is -2.36. The summed E-state index contributed by atoms with van der Waals surface area (Å²) in [7, 11) is 0. The molecule has 1 atom stereocenters. The van der Waals surface area contributed by atoms with Crippen molar-refractivity contribution in [3.05, 3.63) is 35.1 Å². The number of rotatable bonds is 0. The van der Waals surface area contributed by atoms with Crippen LogP contribution in [0.15, 0.2) is 18.2 Å². The van der Waals surface area contributed by atoms with Crippen LogP contribution in [0.2, 0.25) is 0 Å². The summed E-state index contributed by atoms with van der Waals surface area (Å²) in [5.74, 6) is 0.213. The summed E-state index contributed by atoms with van der Waals surface area (Å²) in [6.07, 6.45) is 4.12. The SMILES string of the molecule is O=C1CCC2(CC1)Cc1cc(F)ccc1C2Br. The van der Waals surface area contributed by atoms with Crippen molar-refractivity contribution in [2.75, 3.05) is 0 Å².